The van der Waals surface area contributed by atoms with Gasteiger partial charge in [-0.25, -0.2) is 9.37 Å². The van der Waals surface area contributed by atoms with E-state index in [1.807, 2.05) is 18.2 Å². The van der Waals surface area contributed by atoms with Gasteiger partial charge in [-0.3, -0.25) is 4.79 Å². The molecule has 1 amide bonds. The summed E-state index contributed by atoms with van der Waals surface area (Å²) in [7, 11) is 0. The molecule has 3 rings (SSSR count). The Labute approximate surface area is 146 Å². The molecule has 0 spiro atoms. The van der Waals surface area contributed by atoms with Crippen LogP contribution in [0.15, 0.2) is 55.3 Å². The average Bonchev–Trinajstić information content (AvgIpc) is 2.67. The van der Waals surface area contributed by atoms with Crippen molar-refractivity contribution in [2.75, 3.05) is 42.5 Å². The van der Waals surface area contributed by atoms with Crippen molar-refractivity contribution < 1.29 is 9.18 Å². The SMILES string of the molecule is C=CCNC(=O)c1ccc(N2CCN(c3ccccc3F)CC2)cn1. The Morgan fingerprint density at radius 2 is 1.88 bits per heavy atom. The van der Waals surface area contributed by atoms with Gasteiger partial charge in [0.15, 0.2) is 0 Å². The molecule has 0 unspecified atom stereocenters. The van der Waals surface area contributed by atoms with E-state index in [9.17, 15) is 9.18 Å². The number of aromatic nitrogens is 1. The smallest absolute Gasteiger partial charge is 0.270 e. The Hall–Kier alpha value is -2.89. The van der Waals surface area contributed by atoms with Gasteiger partial charge in [-0.15, -0.1) is 6.58 Å². The number of benzene rings is 1. The molecule has 0 atom stereocenters. The zero-order chi connectivity index (χ0) is 17.6. The number of piperazine rings is 1. The summed E-state index contributed by atoms with van der Waals surface area (Å²) in [6.45, 7) is 7.01. The van der Waals surface area contributed by atoms with E-state index in [1.54, 1.807) is 24.4 Å². The topological polar surface area (TPSA) is 48.5 Å². The van der Waals surface area contributed by atoms with E-state index < -0.39 is 0 Å². The molecule has 1 fully saturated rings. The van der Waals surface area contributed by atoms with Gasteiger partial charge in [0.25, 0.3) is 5.91 Å². The van der Waals surface area contributed by atoms with Crippen LogP contribution in [0, 0.1) is 5.82 Å². The standard InChI is InChI=1S/C19H21FN4O/c1-2-9-21-19(25)17-8-7-15(14-22-17)23-10-12-24(13-11-23)18-6-4-3-5-16(18)20/h2-8,14H,1,9-13H2,(H,21,25). The van der Waals surface area contributed by atoms with Crippen LogP contribution in [0.2, 0.25) is 0 Å². The van der Waals surface area contributed by atoms with E-state index in [4.69, 9.17) is 0 Å². The number of amides is 1. The number of carbonyl (C=O) groups is 1. The van der Waals surface area contributed by atoms with Crippen LogP contribution < -0.4 is 15.1 Å². The Balaban J connectivity index is 1.60. The molecule has 0 bridgehead atoms. The largest absolute Gasteiger partial charge is 0.367 e. The normalized spacial score (nSPS) is 14.3. The maximum atomic E-state index is 13.9. The number of hydrogen-bond donors (Lipinski definition) is 1. The molecule has 1 aromatic carbocycles. The molecule has 1 saturated heterocycles. The lowest BCUT2D eigenvalue weighted by Gasteiger charge is -2.37. The minimum atomic E-state index is -0.212. The Kier molecular flexibility index (Phi) is 5.28. The second kappa shape index (κ2) is 7.79. The van der Waals surface area contributed by atoms with Gasteiger partial charge in [-0.05, 0) is 24.3 Å². The van der Waals surface area contributed by atoms with Gasteiger partial charge >= 0.3 is 0 Å². The van der Waals surface area contributed by atoms with Crippen LogP contribution in [0.25, 0.3) is 0 Å². The van der Waals surface area contributed by atoms with Gasteiger partial charge in [-0.1, -0.05) is 18.2 Å². The molecule has 0 radical (unpaired) electrons. The summed E-state index contributed by atoms with van der Waals surface area (Å²) in [4.78, 5) is 20.3. The molecule has 25 heavy (non-hydrogen) atoms. The molecule has 0 aliphatic carbocycles. The first-order valence-electron chi connectivity index (χ1n) is 8.28. The monoisotopic (exact) mass is 340 g/mol. The van der Waals surface area contributed by atoms with Crippen molar-refractivity contribution in [2.24, 2.45) is 0 Å². The Morgan fingerprint density at radius 3 is 2.52 bits per heavy atom. The molecule has 6 heteroatoms. The van der Waals surface area contributed by atoms with Gasteiger partial charge in [0.2, 0.25) is 0 Å². The Bertz CT molecular complexity index is 739. The minimum absolute atomic E-state index is 0.187. The lowest BCUT2D eigenvalue weighted by molar-refractivity contribution is 0.0953. The summed E-state index contributed by atoms with van der Waals surface area (Å²) in [6, 6.07) is 10.5. The maximum absolute atomic E-state index is 13.9. The molecule has 130 valence electrons. The highest BCUT2D eigenvalue weighted by Gasteiger charge is 2.20. The lowest BCUT2D eigenvalue weighted by atomic mass is 10.2. The zero-order valence-corrected chi connectivity index (χ0v) is 14.0. The number of nitrogens with one attached hydrogen (secondary N) is 1. The highest BCUT2D eigenvalue weighted by Crippen LogP contribution is 2.22. The first-order chi connectivity index (χ1) is 12.2. The van der Waals surface area contributed by atoms with Gasteiger partial charge < -0.3 is 15.1 Å². The first kappa shape index (κ1) is 17.0. The average molecular weight is 340 g/mol. The van der Waals surface area contributed by atoms with E-state index in [-0.39, 0.29) is 11.7 Å². The predicted molar refractivity (Wildman–Crippen MR) is 97.6 cm³/mol. The lowest BCUT2D eigenvalue weighted by Crippen LogP contribution is -2.46. The number of halogens is 1. The van der Waals surface area contributed by atoms with Crippen molar-refractivity contribution >= 4 is 17.3 Å². The van der Waals surface area contributed by atoms with Crippen LogP contribution in [0.5, 0.6) is 0 Å². The van der Waals surface area contributed by atoms with Crippen molar-refractivity contribution in [3.8, 4) is 0 Å². The summed E-state index contributed by atoms with van der Waals surface area (Å²) in [6.07, 6.45) is 3.34. The van der Waals surface area contributed by atoms with E-state index in [1.165, 1.54) is 6.07 Å². The van der Waals surface area contributed by atoms with E-state index in [2.05, 4.69) is 26.7 Å². The summed E-state index contributed by atoms with van der Waals surface area (Å²) >= 11 is 0. The number of pyridine rings is 1. The number of carbonyl (C=O) groups excluding carboxylic acids is 1. The summed E-state index contributed by atoms with van der Waals surface area (Å²) < 4.78 is 13.9. The van der Waals surface area contributed by atoms with Crippen LogP contribution in [0.4, 0.5) is 15.8 Å². The number of nitrogens with zero attached hydrogens (tertiary/aromatic N) is 3. The second-order valence-electron chi connectivity index (χ2n) is 5.83. The highest BCUT2D eigenvalue weighted by molar-refractivity contribution is 5.92. The predicted octanol–water partition coefficient (Wildman–Crippen LogP) is 2.46. The van der Waals surface area contributed by atoms with Crippen molar-refractivity contribution in [1.29, 1.82) is 0 Å². The van der Waals surface area contributed by atoms with Crippen LogP contribution in [0.1, 0.15) is 10.5 Å². The minimum Gasteiger partial charge on any atom is -0.367 e. The summed E-state index contributed by atoms with van der Waals surface area (Å²) in [5, 5.41) is 2.70. The number of para-hydroxylation sites is 1. The van der Waals surface area contributed by atoms with E-state index in [0.717, 1.165) is 31.9 Å². The number of hydrogen-bond acceptors (Lipinski definition) is 4. The Morgan fingerprint density at radius 1 is 1.16 bits per heavy atom. The van der Waals surface area contributed by atoms with Gasteiger partial charge in [0, 0.05) is 32.7 Å². The number of rotatable bonds is 5. The van der Waals surface area contributed by atoms with Crippen LogP contribution in [0.3, 0.4) is 0 Å². The number of anilines is 2. The molecular weight excluding hydrogens is 319 g/mol. The van der Waals surface area contributed by atoms with Crippen molar-refractivity contribution in [1.82, 2.24) is 10.3 Å². The van der Waals surface area contributed by atoms with E-state index in [0.29, 0.717) is 17.9 Å². The van der Waals surface area contributed by atoms with Crippen molar-refractivity contribution in [3.05, 3.63) is 66.8 Å². The summed E-state index contributed by atoms with van der Waals surface area (Å²) in [5.41, 5.74) is 2.00. The molecule has 0 saturated carbocycles. The first-order valence-corrected chi connectivity index (χ1v) is 8.28. The molecule has 1 aromatic heterocycles. The molecule has 1 aliphatic heterocycles. The molecular formula is C19H21FN4O. The fraction of sp³-hybridized carbons (Fsp3) is 0.263. The van der Waals surface area contributed by atoms with Crippen LogP contribution in [-0.2, 0) is 0 Å². The third-order valence-electron chi connectivity index (χ3n) is 4.23. The quantitative estimate of drug-likeness (QED) is 0.850. The fourth-order valence-corrected chi connectivity index (χ4v) is 2.88. The van der Waals surface area contributed by atoms with Crippen molar-refractivity contribution in [3.63, 3.8) is 0 Å². The third-order valence-corrected chi connectivity index (χ3v) is 4.23. The zero-order valence-electron chi connectivity index (χ0n) is 14.0. The molecule has 1 N–H and O–H groups in total. The molecule has 5 nitrogen and oxygen atoms in total. The summed E-state index contributed by atoms with van der Waals surface area (Å²) in [5.74, 6) is -0.400. The third kappa shape index (κ3) is 3.96. The van der Waals surface area contributed by atoms with Crippen molar-refractivity contribution in [2.45, 2.75) is 0 Å². The highest BCUT2D eigenvalue weighted by atomic mass is 19.1. The molecule has 2 heterocycles. The van der Waals surface area contributed by atoms with Gasteiger partial charge in [0.1, 0.15) is 11.5 Å². The van der Waals surface area contributed by atoms with Gasteiger partial charge in [0.05, 0.1) is 17.6 Å². The van der Waals surface area contributed by atoms with Crippen LogP contribution >= 0.6 is 0 Å². The molecule has 2 aromatic rings. The fourth-order valence-electron chi connectivity index (χ4n) is 2.88. The van der Waals surface area contributed by atoms with E-state index >= 15 is 0 Å². The van der Waals surface area contributed by atoms with Gasteiger partial charge in [-0.2, -0.15) is 0 Å². The maximum Gasteiger partial charge on any atom is 0.270 e. The van der Waals surface area contributed by atoms with Crippen LogP contribution in [-0.4, -0.2) is 43.6 Å². The second-order valence-corrected chi connectivity index (χ2v) is 5.83. The molecule has 1 aliphatic rings.